The highest BCUT2D eigenvalue weighted by Crippen LogP contribution is 2.28. The van der Waals surface area contributed by atoms with Gasteiger partial charge in [-0.3, -0.25) is 4.79 Å². The summed E-state index contributed by atoms with van der Waals surface area (Å²) in [6.45, 7) is 0. The van der Waals surface area contributed by atoms with Gasteiger partial charge in [0, 0.05) is 6.04 Å². The second-order valence-corrected chi connectivity index (χ2v) is 5.53. The first-order valence-corrected chi connectivity index (χ1v) is 6.49. The number of hydrogen-bond donors (Lipinski definition) is 2. The van der Waals surface area contributed by atoms with E-state index in [0.717, 1.165) is 5.13 Å². The van der Waals surface area contributed by atoms with Crippen LogP contribution in [0.1, 0.15) is 19.3 Å². The highest BCUT2D eigenvalue weighted by atomic mass is 32.2. The molecule has 1 aliphatic rings. The highest BCUT2D eigenvalue weighted by Gasteiger charge is 2.18. The molecule has 5 nitrogen and oxygen atoms in total. The van der Waals surface area contributed by atoms with E-state index >= 15 is 0 Å². The van der Waals surface area contributed by atoms with Gasteiger partial charge < -0.3 is 10.4 Å². The van der Waals surface area contributed by atoms with Crippen molar-refractivity contribution in [2.45, 2.75) is 29.6 Å². The predicted octanol–water partition coefficient (Wildman–Crippen LogP) is 1.68. The van der Waals surface area contributed by atoms with Crippen LogP contribution in [0, 0.1) is 0 Å². The summed E-state index contributed by atoms with van der Waals surface area (Å²) in [5.74, 6) is -0.790. The van der Waals surface area contributed by atoms with Crippen LogP contribution in [-0.4, -0.2) is 33.1 Å². The topological polar surface area (TPSA) is 75.1 Å². The molecule has 0 spiro atoms. The Morgan fingerprint density at radius 1 is 1.60 bits per heavy atom. The van der Waals surface area contributed by atoms with Gasteiger partial charge >= 0.3 is 5.97 Å². The van der Waals surface area contributed by atoms with E-state index in [4.69, 9.17) is 5.11 Å². The molecule has 0 radical (unpaired) electrons. The first-order valence-electron chi connectivity index (χ1n) is 4.68. The fourth-order valence-corrected chi connectivity index (χ4v) is 2.73. The number of nitrogens with zero attached hydrogens (tertiary/aromatic N) is 2. The largest absolute Gasteiger partial charge is 0.481 e. The maximum Gasteiger partial charge on any atom is 0.313 e. The third kappa shape index (κ3) is 3.07. The number of carboxylic acid groups (broad SMARTS) is 1. The molecule has 0 aliphatic heterocycles. The van der Waals surface area contributed by atoms with Crippen molar-refractivity contribution in [1.82, 2.24) is 10.2 Å². The lowest BCUT2D eigenvalue weighted by Crippen LogP contribution is -2.26. The summed E-state index contributed by atoms with van der Waals surface area (Å²) in [6.07, 6.45) is 3.66. The first-order chi connectivity index (χ1) is 7.24. The van der Waals surface area contributed by atoms with Gasteiger partial charge in [-0.15, -0.1) is 10.2 Å². The Morgan fingerprint density at radius 2 is 2.40 bits per heavy atom. The minimum atomic E-state index is -0.830. The molecular formula is C8H11N3O2S2. The molecule has 2 rings (SSSR count). The van der Waals surface area contributed by atoms with Crippen LogP contribution in [0.15, 0.2) is 4.34 Å². The first kappa shape index (κ1) is 10.7. The Morgan fingerprint density at radius 3 is 3.00 bits per heavy atom. The van der Waals surface area contributed by atoms with Crippen LogP contribution >= 0.6 is 23.1 Å². The molecule has 7 heteroatoms. The van der Waals surface area contributed by atoms with Gasteiger partial charge in [0.05, 0.1) is 5.75 Å². The summed E-state index contributed by atoms with van der Waals surface area (Å²) >= 11 is 2.63. The quantitative estimate of drug-likeness (QED) is 0.769. The Hall–Kier alpha value is -0.820. The van der Waals surface area contributed by atoms with Crippen LogP contribution in [-0.2, 0) is 4.79 Å². The van der Waals surface area contributed by atoms with Crippen molar-refractivity contribution in [2.75, 3.05) is 11.1 Å². The fraction of sp³-hybridized carbons (Fsp3) is 0.625. The molecule has 15 heavy (non-hydrogen) atoms. The molecule has 1 heterocycles. The molecule has 0 atom stereocenters. The molecule has 0 amide bonds. The van der Waals surface area contributed by atoms with Gasteiger partial charge in [0.25, 0.3) is 0 Å². The molecule has 0 saturated heterocycles. The van der Waals surface area contributed by atoms with E-state index in [1.165, 1.54) is 42.4 Å². The minimum Gasteiger partial charge on any atom is -0.481 e. The normalized spacial score (nSPS) is 16.0. The van der Waals surface area contributed by atoms with Gasteiger partial charge in [-0.2, -0.15) is 0 Å². The zero-order valence-corrected chi connectivity index (χ0v) is 9.61. The summed E-state index contributed by atoms with van der Waals surface area (Å²) in [5.41, 5.74) is 0. The van der Waals surface area contributed by atoms with Gasteiger partial charge in [0.15, 0.2) is 4.34 Å². The van der Waals surface area contributed by atoms with Crippen LogP contribution in [0.5, 0.6) is 0 Å². The lowest BCUT2D eigenvalue weighted by molar-refractivity contribution is -0.133. The molecule has 0 bridgehead atoms. The van der Waals surface area contributed by atoms with E-state index in [1.807, 2.05) is 0 Å². The van der Waals surface area contributed by atoms with Crippen molar-refractivity contribution >= 4 is 34.2 Å². The number of carboxylic acids is 1. The standard InChI is InChI=1S/C8H11N3O2S2/c12-6(13)4-14-8-11-10-7(15-8)9-5-2-1-3-5/h5H,1-4H2,(H,9,10)(H,12,13). The highest BCUT2D eigenvalue weighted by molar-refractivity contribution is 8.01. The molecule has 1 aliphatic carbocycles. The second-order valence-electron chi connectivity index (χ2n) is 3.33. The zero-order chi connectivity index (χ0) is 10.7. The fourth-order valence-electron chi connectivity index (χ4n) is 1.18. The van der Waals surface area contributed by atoms with Gasteiger partial charge in [-0.25, -0.2) is 0 Å². The van der Waals surface area contributed by atoms with Gasteiger partial charge in [-0.1, -0.05) is 23.1 Å². The molecule has 1 saturated carbocycles. The Balaban J connectivity index is 1.83. The zero-order valence-electron chi connectivity index (χ0n) is 7.97. The van der Waals surface area contributed by atoms with Crippen LogP contribution in [0.2, 0.25) is 0 Å². The van der Waals surface area contributed by atoms with Gasteiger partial charge in [0.1, 0.15) is 0 Å². The molecule has 0 unspecified atom stereocenters. The Kier molecular flexibility index (Phi) is 3.42. The van der Waals surface area contributed by atoms with Gasteiger partial charge in [-0.05, 0) is 19.3 Å². The summed E-state index contributed by atoms with van der Waals surface area (Å²) < 4.78 is 0.708. The van der Waals surface area contributed by atoms with E-state index in [-0.39, 0.29) is 5.75 Å². The van der Waals surface area contributed by atoms with Crippen molar-refractivity contribution in [2.24, 2.45) is 0 Å². The number of aromatic nitrogens is 2. The lowest BCUT2D eigenvalue weighted by Gasteiger charge is -2.25. The number of aliphatic carboxylic acids is 1. The maximum atomic E-state index is 10.3. The molecule has 1 aromatic heterocycles. The number of rotatable bonds is 5. The minimum absolute atomic E-state index is 0.0397. The average Bonchev–Trinajstić information content (AvgIpc) is 2.56. The van der Waals surface area contributed by atoms with E-state index in [1.54, 1.807) is 0 Å². The number of thioether (sulfide) groups is 1. The number of anilines is 1. The Bertz CT molecular complexity index is 351. The number of carbonyl (C=O) groups is 1. The van der Waals surface area contributed by atoms with Gasteiger partial charge in [0.2, 0.25) is 5.13 Å². The summed E-state index contributed by atoms with van der Waals surface area (Å²) in [7, 11) is 0. The van der Waals surface area contributed by atoms with E-state index in [2.05, 4.69) is 15.5 Å². The SMILES string of the molecule is O=C(O)CSc1nnc(NC2CCC2)s1. The molecular weight excluding hydrogens is 234 g/mol. The monoisotopic (exact) mass is 245 g/mol. The summed E-state index contributed by atoms with van der Waals surface area (Å²) in [4.78, 5) is 10.3. The van der Waals surface area contributed by atoms with Crippen LogP contribution in [0.3, 0.4) is 0 Å². The molecule has 1 fully saturated rings. The molecule has 82 valence electrons. The number of hydrogen-bond acceptors (Lipinski definition) is 6. The van der Waals surface area contributed by atoms with Crippen molar-refractivity contribution in [3.05, 3.63) is 0 Å². The van der Waals surface area contributed by atoms with Crippen LogP contribution < -0.4 is 5.32 Å². The van der Waals surface area contributed by atoms with E-state index in [0.29, 0.717) is 10.4 Å². The summed E-state index contributed by atoms with van der Waals surface area (Å²) in [5, 5.41) is 20.4. The van der Waals surface area contributed by atoms with E-state index < -0.39 is 5.97 Å². The molecule has 0 aromatic carbocycles. The second kappa shape index (κ2) is 4.80. The van der Waals surface area contributed by atoms with Crippen LogP contribution in [0.25, 0.3) is 0 Å². The van der Waals surface area contributed by atoms with Crippen molar-refractivity contribution in [3.63, 3.8) is 0 Å². The van der Waals surface area contributed by atoms with E-state index in [9.17, 15) is 4.79 Å². The predicted molar refractivity (Wildman–Crippen MR) is 59.5 cm³/mol. The lowest BCUT2D eigenvalue weighted by atomic mass is 9.93. The average molecular weight is 245 g/mol. The van der Waals surface area contributed by atoms with Crippen molar-refractivity contribution in [3.8, 4) is 0 Å². The van der Waals surface area contributed by atoms with Crippen molar-refractivity contribution < 1.29 is 9.90 Å². The number of nitrogens with one attached hydrogen (secondary N) is 1. The Labute approximate surface area is 95.3 Å². The molecule has 1 aromatic rings. The smallest absolute Gasteiger partial charge is 0.313 e. The molecule has 2 N–H and O–H groups in total. The third-order valence-corrected chi connectivity index (χ3v) is 4.13. The summed E-state index contributed by atoms with van der Waals surface area (Å²) in [6, 6.07) is 0.537. The van der Waals surface area contributed by atoms with Crippen LogP contribution in [0.4, 0.5) is 5.13 Å². The maximum absolute atomic E-state index is 10.3. The third-order valence-electron chi connectivity index (χ3n) is 2.16. The van der Waals surface area contributed by atoms with Crippen molar-refractivity contribution in [1.29, 1.82) is 0 Å².